The summed E-state index contributed by atoms with van der Waals surface area (Å²) in [7, 11) is 0. The molecule has 0 spiro atoms. The van der Waals surface area contributed by atoms with Gasteiger partial charge in [0.25, 0.3) is 0 Å². The van der Waals surface area contributed by atoms with Gasteiger partial charge in [0.15, 0.2) is 0 Å². The number of benzene rings is 1. The molecule has 0 saturated carbocycles. The topological polar surface area (TPSA) is 76.5 Å². The summed E-state index contributed by atoms with van der Waals surface area (Å²) >= 11 is 0. The first-order valence-corrected chi connectivity index (χ1v) is 6.03. The van der Waals surface area contributed by atoms with E-state index in [1.54, 1.807) is 12.1 Å². The standard InChI is InChI=1S/C15H13NO4/c17-14(15(18)19)9-12-8-13(6-7-16-12)20-10-11-4-2-1-3-5-11/h1-8H,9-10H2,(H,18,19). The molecule has 20 heavy (non-hydrogen) atoms. The Balaban J connectivity index is 1.99. The summed E-state index contributed by atoms with van der Waals surface area (Å²) in [5.74, 6) is -1.79. The van der Waals surface area contributed by atoms with E-state index in [1.807, 2.05) is 30.3 Å². The van der Waals surface area contributed by atoms with E-state index in [0.29, 0.717) is 18.1 Å². The van der Waals surface area contributed by atoms with Gasteiger partial charge in [0.1, 0.15) is 12.4 Å². The molecule has 0 unspecified atom stereocenters. The number of ether oxygens (including phenoxy) is 1. The molecule has 1 aromatic carbocycles. The number of carboxylic acids is 1. The lowest BCUT2D eigenvalue weighted by atomic mass is 10.2. The average molecular weight is 271 g/mol. The molecule has 1 aromatic heterocycles. The van der Waals surface area contributed by atoms with Crippen molar-refractivity contribution in [3.05, 3.63) is 59.9 Å². The summed E-state index contributed by atoms with van der Waals surface area (Å²) in [6.07, 6.45) is 1.25. The van der Waals surface area contributed by atoms with Crippen LogP contribution in [0.1, 0.15) is 11.3 Å². The van der Waals surface area contributed by atoms with Gasteiger partial charge >= 0.3 is 5.97 Å². The Morgan fingerprint density at radius 1 is 1.15 bits per heavy atom. The first-order chi connectivity index (χ1) is 9.65. The average Bonchev–Trinajstić information content (AvgIpc) is 2.46. The van der Waals surface area contributed by atoms with Crippen LogP contribution in [0.5, 0.6) is 5.75 Å². The maximum atomic E-state index is 11.1. The zero-order valence-corrected chi connectivity index (χ0v) is 10.7. The van der Waals surface area contributed by atoms with Crippen LogP contribution in [0.15, 0.2) is 48.7 Å². The fourth-order valence-corrected chi connectivity index (χ4v) is 1.62. The monoisotopic (exact) mass is 271 g/mol. The number of nitrogens with zero attached hydrogens (tertiary/aromatic N) is 1. The fourth-order valence-electron chi connectivity index (χ4n) is 1.62. The molecule has 0 amide bonds. The number of ketones is 1. The third-order valence-corrected chi connectivity index (χ3v) is 2.62. The van der Waals surface area contributed by atoms with Crippen molar-refractivity contribution in [3.63, 3.8) is 0 Å². The van der Waals surface area contributed by atoms with E-state index >= 15 is 0 Å². The largest absolute Gasteiger partial charge is 0.489 e. The van der Waals surface area contributed by atoms with Crippen molar-refractivity contribution < 1.29 is 19.4 Å². The number of Topliss-reactive ketones (excluding diaryl/α,β-unsaturated/α-hetero) is 1. The quantitative estimate of drug-likeness (QED) is 0.811. The molecule has 2 rings (SSSR count). The number of carboxylic acid groups (broad SMARTS) is 1. The highest BCUT2D eigenvalue weighted by Crippen LogP contribution is 2.14. The third-order valence-electron chi connectivity index (χ3n) is 2.62. The van der Waals surface area contributed by atoms with Gasteiger partial charge in [-0.3, -0.25) is 9.78 Å². The van der Waals surface area contributed by atoms with Crippen molar-refractivity contribution in [2.75, 3.05) is 0 Å². The molecule has 5 nitrogen and oxygen atoms in total. The van der Waals surface area contributed by atoms with Crippen molar-refractivity contribution in [2.45, 2.75) is 13.0 Å². The molecule has 5 heteroatoms. The maximum Gasteiger partial charge on any atom is 0.372 e. The highest BCUT2D eigenvalue weighted by atomic mass is 16.5. The van der Waals surface area contributed by atoms with E-state index in [0.717, 1.165) is 5.56 Å². The van der Waals surface area contributed by atoms with Crippen molar-refractivity contribution in [1.29, 1.82) is 0 Å². The summed E-state index contributed by atoms with van der Waals surface area (Å²) in [5.41, 5.74) is 1.40. The summed E-state index contributed by atoms with van der Waals surface area (Å²) in [5, 5.41) is 8.56. The second kappa shape index (κ2) is 6.47. The Morgan fingerprint density at radius 3 is 2.60 bits per heavy atom. The van der Waals surface area contributed by atoms with Crippen molar-refractivity contribution >= 4 is 11.8 Å². The van der Waals surface area contributed by atoms with E-state index in [-0.39, 0.29) is 6.42 Å². The molecule has 0 saturated heterocycles. The highest BCUT2D eigenvalue weighted by molar-refractivity contribution is 6.33. The van der Waals surface area contributed by atoms with Crippen molar-refractivity contribution in [1.82, 2.24) is 4.98 Å². The van der Waals surface area contributed by atoms with Crippen LogP contribution in [0, 0.1) is 0 Å². The van der Waals surface area contributed by atoms with Crippen LogP contribution in [0.3, 0.4) is 0 Å². The number of aromatic nitrogens is 1. The van der Waals surface area contributed by atoms with Crippen LogP contribution in [-0.2, 0) is 22.6 Å². The molecule has 0 radical (unpaired) electrons. The Labute approximate surface area is 115 Å². The van der Waals surface area contributed by atoms with Crippen molar-refractivity contribution in [3.8, 4) is 5.75 Å². The number of aliphatic carboxylic acids is 1. The van der Waals surface area contributed by atoms with Crippen LogP contribution in [0.2, 0.25) is 0 Å². The minimum Gasteiger partial charge on any atom is -0.489 e. The van der Waals surface area contributed by atoms with Crippen LogP contribution < -0.4 is 4.74 Å². The fraction of sp³-hybridized carbons (Fsp3) is 0.133. The van der Waals surface area contributed by atoms with E-state index < -0.39 is 11.8 Å². The Hall–Kier alpha value is -2.69. The summed E-state index contributed by atoms with van der Waals surface area (Å²) in [4.78, 5) is 25.6. The normalized spacial score (nSPS) is 10.0. The first kappa shape index (κ1) is 13.7. The number of rotatable bonds is 6. The van der Waals surface area contributed by atoms with Crippen LogP contribution in [0.25, 0.3) is 0 Å². The molecule has 0 atom stereocenters. The molecule has 102 valence electrons. The van der Waals surface area contributed by atoms with Crippen molar-refractivity contribution in [2.24, 2.45) is 0 Å². The molecular weight excluding hydrogens is 258 g/mol. The highest BCUT2D eigenvalue weighted by Gasteiger charge is 2.13. The summed E-state index contributed by atoms with van der Waals surface area (Å²) in [6.45, 7) is 0.400. The lowest BCUT2D eigenvalue weighted by molar-refractivity contribution is -0.148. The smallest absolute Gasteiger partial charge is 0.372 e. The second-order valence-corrected chi connectivity index (χ2v) is 4.16. The lowest BCUT2D eigenvalue weighted by Gasteiger charge is -2.07. The minimum atomic E-state index is -1.46. The molecule has 0 bridgehead atoms. The molecule has 0 aliphatic rings. The molecule has 1 N–H and O–H groups in total. The molecule has 1 heterocycles. The van der Waals surface area contributed by atoms with Gasteiger partial charge in [-0.25, -0.2) is 4.79 Å². The van der Waals surface area contributed by atoms with Crippen LogP contribution >= 0.6 is 0 Å². The molecule has 2 aromatic rings. The molecule has 0 fully saturated rings. The third kappa shape index (κ3) is 3.91. The molecular formula is C15H13NO4. The van der Waals surface area contributed by atoms with Gasteiger partial charge in [-0.2, -0.15) is 0 Å². The predicted molar refractivity (Wildman–Crippen MR) is 71.4 cm³/mol. The van der Waals surface area contributed by atoms with Gasteiger partial charge in [-0.05, 0) is 11.6 Å². The minimum absolute atomic E-state index is 0.238. The number of carbonyl (C=O) groups is 2. The van der Waals surface area contributed by atoms with Crippen LogP contribution in [0.4, 0.5) is 0 Å². The lowest BCUT2D eigenvalue weighted by Crippen LogP contribution is -2.15. The number of pyridine rings is 1. The van der Waals surface area contributed by atoms with Gasteiger partial charge in [0, 0.05) is 12.3 Å². The van der Waals surface area contributed by atoms with E-state index in [4.69, 9.17) is 9.84 Å². The van der Waals surface area contributed by atoms with Gasteiger partial charge in [-0.15, -0.1) is 0 Å². The molecule has 0 aliphatic carbocycles. The summed E-state index contributed by atoms with van der Waals surface area (Å²) < 4.78 is 5.58. The number of hydrogen-bond acceptors (Lipinski definition) is 4. The zero-order chi connectivity index (χ0) is 14.4. The maximum absolute atomic E-state index is 11.1. The second-order valence-electron chi connectivity index (χ2n) is 4.16. The SMILES string of the molecule is O=C(O)C(=O)Cc1cc(OCc2ccccc2)ccn1. The van der Waals surface area contributed by atoms with Crippen LogP contribution in [-0.4, -0.2) is 21.8 Å². The van der Waals surface area contributed by atoms with E-state index in [1.165, 1.54) is 6.20 Å². The summed E-state index contributed by atoms with van der Waals surface area (Å²) in [6, 6.07) is 12.9. The number of hydrogen-bond donors (Lipinski definition) is 1. The van der Waals surface area contributed by atoms with E-state index in [9.17, 15) is 9.59 Å². The van der Waals surface area contributed by atoms with Gasteiger partial charge in [0.2, 0.25) is 5.78 Å². The Bertz CT molecular complexity index is 610. The van der Waals surface area contributed by atoms with Gasteiger partial charge in [-0.1, -0.05) is 30.3 Å². The van der Waals surface area contributed by atoms with Gasteiger partial charge < -0.3 is 9.84 Å². The zero-order valence-electron chi connectivity index (χ0n) is 10.7. The van der Waals surface area contributed by atoms with E-state index in [2.05, 4.69) is 4.98 Å². The predicted octanol–water partition coefficient (Wildman–Crippen LogP) is 1.86. The Morgan fingerprint density at radius 2 is 1.90 bits per heavy atom. The van der Waals surface area contributed by atoms with Gasteiger partial charge in [0.05, 0.1) is 12.1 Å². The number of carbonyl (C=O) groups excluding carboxylic acids is 1. The first-order valence-electron chi connectivity index (χ1n) is 6.03. The molecule has 0 aliphatic heterocycles. The Kier molecular flexibility index (Phi) is 4.44.